The Kier molecular flexibility index (Phi) is 2.03. The van der Waals surface area contributed by atoms with Crippen molar-refractivity contribution in [2.45, 2.75) is 57.4 Å². The van der Waals surface area contributed by atoms with Crippen LogP contribution in [-0.2, 0) is 18.9 Å². The van der Waals surface area contributed by atoms with Crippen molar-refractivity contribution in [3.05, 3.63) is 0 Å². The molecular weight excluding hydrogens is 196 g/mol. The predicted octanol–water partition coefficient (Wildman–Crippen LogP) is 1.33. The van der Waals surface area contributed by atoms with Crippen molar-refractivity contribution in [3.8, 4) is 0 Å². The molecule has 15 heavy (non-hydrogen) atoms. The maximum absolute atomic E-state index is 7.06. The van der Waals surface area contributed by atoms with Gasteiger partial charge >= 0.3 is 0 Å². The third-order valence-electron chi connectivity index (χ3n) is 3.02. The Hall–Kier alpha value is -0.160. The summed E-state index contributed by atoms with van der Waals surface area (Å²) in [6.45, 7) is 7.72. The fourth-order valence-electron chi connectivity index (χ4n) is 2.44. The van der Waals surface area contributed by atoms with Crippen LogP contribution in [-0.4, -0.2) is 43.4 Å². The minimum atomic E-state index is -1.31. The first-order valence-electron chi connectivity index (χ1n) is 6.38. The van der Waals surface area contributed by atoms with Gasteiger partial charge in [0, 0.05) is 7.06 Å². The van der Waals surface area contributed by atoms with E-state index in [1.807, 2.05) is 27.7 Å². The summed E-state index contributed by atoms with van der Waals surface area (Å²) in [5.74, 6) is -0.615. The first kappa shape index (κ1) is 8.93. The Morgan fingerprint density at radius 1 is 1.40 bits per heavy atom. The van der Waals surface area contributed by atoms with Gasteiger partial charge in [0.1, 0.15) is 17.8 Å². The van der Waals surface area contributed by atoms with Crippen LogP contribution in [0.2, 0.25) is 0 Å². The Balaban J connectivity index is 2.09. The van der Waals surface area contributed by atoms with E-state index in [2.05, 4.69) is 0 Å². The molecule has 2 rings (SSSR count). The van der Waals surface area contributed by atoms with E-state index in [1.165, 1.54) is 0 Å². The van der Waals surface area contributed by atoms with Gasteiger partial charge in [-0.05, 0) is 27.7 Å². The van der Waals surface area contributed by atoms with Crippen LogP contribution in [0.5, 0.6) is 0 Å². The molecule has 2 aliphatic rings. The van der Waals surface area contributed by atoms with Crippen LogP contribution in [0.15, 0.2) is 0 Å². The highest BCUT2D eigenvalue weighted by Gasteiger charge is 2.59. The molecule has 2 heterocycles. The molecule has 0 radical (unpaired) electrons. The Morgan fingerprint density at radius 3 is 2.80 bits per heavy atom. The maximum atomic E-state index is 7.06. The van der Waals surface area contributed by atoms with Crippen LogP contribution in [0.4, 0.5) is 0 Å². The van der Waals surface area contributed by atoms with E-state index in [0.717, 1.165) is 0 Å². The third-order valence-corrected chi connectivity index (χ3v) is 3.02. The molecule has 0 bridgehead atoms. The van der Waals surface area contributed by atoms with Crippen molar-refractivity contribution in [1.82, 2.24) is 0 Å². The highest BCUT2D eigenvalue weighted by Crippen LogP contribution is 2.43. The summed E-state index contributed by atoms with van der Waals surface area (Å²) in [4.78, 5) is 0. The Morgan fingerprint density at radius 2 is 2.13 bits per heavy atom. The van der Waals surface area contributed by atoms with Crippen LogP contribution < -0.4 is 0 Å². The van der Waals surface area contributed by atoms with E-state index in [-0.39, 0.29) is 24.9 Å². The number of ether oxygens (including phenoxy) is 4. The lowest BCUT2D eigenvalue weighted by molar-refractivity contribution is -0.211. The molecule has 5 atom stereocenters. The van der Waals surface area contributed by atoms with Gasteiger partial charge in [-0.2, -0.15) is 0 Å². The molecule has 0 N–H and O–H groups in total. The van der Waals surface area contributed by atoms with Crippen LogP contribution in [0.25, 0.3) is 0 Å². The average molecular weight is 219 g/mol. The van der Waals surface area contributed by atoms with Crippen molar-refractivity contribution < 1.29 is 21.7 Å². The molecule has 2 fully saturated rings. The normalized spacial score (nSPS) is 52.1. The van der Waals surface area contributed by atoms with Crippen molar-refractivity contribution in [2.24, 2.45) is 0 Å². The second-order valence-electron chi connectivity index (χ2n) is 4.97. The molecule has 2 aliphatic heterocycles. The van der Waals surface area contributed by atoms with Crippen LogP contribution in [0, 0.1) is 0 Å². The summed E-state index contributed by atoms with van der Waals surface area (Å²) in [5.41, 5.74) is -0.655. The van der Waals surface area contributed by atoms with E-state index >= 15 is 0 Å². The summed E-state index contributed by atoms with van der Waals surface area (Å²) in [7, 11) is -1.31. The smallest absolute Gasteiger partial charge is 0.164 e. The van der Waals surface area contributed by atoms with Gasteiger partial charge in [-0.15, -0.1) is 0 Å². The molecule has 0 aromatic carbocycles. The lowest BCUT2D eigenvalue weighted by Gasteiger charge is -2.30. The van der Waals surface area contributed by atoms with Gasteiger partial charge in [0.2, 0.25) is 0 Å². The highest BCUT2D eigenvalue weighted by atomic mass is 16.8. The number of hydrogen-bond acceptors (Lipinski definition) is 4. The van der Waals surface area contributed by atoms with Gasteiger partial charge in [-0.25, -0.2) is 0 Å². The number of rotatable bonds is 2. The molecule has 2 saturated heterocycles. The number of methoxy groups -OCH3 is 1. The lowest BCUT2D eigenvalue weighted by atomic mass is 9.98. The minimum Gasteiger partial charge on any atom is -0.382 e. The average Bonchev–Trinajstić information content (AvgIpc) is 2.61. The van der Waals surface area contributed by atoms with Crippen molar-refractivity contribution in [2.75, 3.05) is 13.7 Å². The molecule has 4 nitrogen and oxygen atoms in total. The molecule has 0 amide bonds. The monoisotopic (exact) mass is 219 g/mol. The zero-order valence-corrected chi connectivity index (χ0v) is 9.65. The van der Waals surface area contributed by atoms with Gasteiger partial charge in [-0.3, -0.25) is 0 Å². The molecule has 0 saturated carbocycles. The van der Waals surface area contributed by atoms with Crippen molar-refractivity contribution in [1.29, 1.82) is 0 Å². The predicted molar refractivity (Wildman–Crippen MR) is 54.7 cm³/mol. The summed E-state index contributed by atoms with van der Waals surface area (Å²) in [5, 5.41) is 0. The Labute approximate surface area is 93.6 Å². The van der Waals surface area contributed by atoms with Gasteiger partial charge in [-0.1, -0.05) is 0 Å². The topological polar surface area (TPSA) is 36.9 Å². The second-order valence-corrected chi connectivity index (χ2v) is 4.97. The SMILES string of the molecule is [2H]C([3H])OCC1(C)OC(C)[C@H]2OC(C)(C)OC21. The molecule has 0 aromatic heterocycles. The summed E-state index contributed by atoms with van der Waals surface area (Å²) < 4.78 is 36.6. The van der Waals surface area contributed by atoms with Crippen LogP contribution in [0.3, 0.4) is 0 Å². The van der Waals surface area contributed by atoms with E-state index < -0.39 is 18.5 Å². The summed E-state index contributed by atoms with van der Waals surface area (Å²) in [6.07, 6.45) is -0.412. The third kappa shape index (κ3) is 1.80. The highest BCUT2D eigenvalue weighted by molar-refractivity contribution is 5.03. The van der Waals surface area contributed by atoms with Crippen molar-refractivity contribution >= 4 is 0 Å². The molecule has 4 unspecified atom stereocenters. The Bertz CT molecular complexity index is 297. The summed E-state index contributed by atoms with van der Waals surface area (Å²) in [6, 6.07) is 0. The van der Waals surface area contributed by atoms with Gasteiger partial charge < -0.3 is 18.9 Å². The molecule has 88 valence electrons. The maximum Gasteiger partial charge on any atom is 0.164 e. The zero-order valence-electron chi connectivity index (χ0n) is 11.6. The van der Waals surface area contributed by atoms with E-state index in [1.54, 1.807) is 0 Å². The fourth-order valence-corrected chi connectivity index (χ4v) is 2.44. The second kappa shape index (κ2) is 3.42. The zero-order chi connectivity index (χ0) is 12.8. The van der Waals surface area contributed by atoms with Crippen LogP contribution >= 0.6 is 0 Å². The molecule has 0 aromatic rings. The molecule has 4 heteroatoms. The first-order chi connectivity index (χ1) is 7.73. The lowest BCUT2D eigenvalue weighted by Crippen LogP contribution is -2.44. The van der Waals surface area contributed by atoms with E-state index in [4.69, 9.17) is 21.7 Å². The quantitative estimate of drug-likeness (QED) is 0.702. The van der Waals surface area contributed by atoms with Crippen LogP contribution in [0.1, 0.15) is 30.4 Å². The van der Waals surface area contributed by atoms with E-state index in [0.29, 0.717) is 0 Å². The minimum absolute atomic E-state index is 0.0784. The number of hydrogen-bond donors (Lipinski definition) is 0. The first-order valence-corrected chi connectivity index (χ1v) is 5.23. The number of fused-ring (bicyclic) bond motifs is 1. The van der Waals surface area contributed by atoms with Gasteiger partial charge in [0.05, 0.1) is 15.5 Å². The van der Waals surface area contributed by atoms with Crippen molar-refractivity contribution in [3.63, 3.8) is 0 Å². The molecular formula is C11H20O4. The van der Waals surface area contributed by atoms with Gasteiger partial charge in [0.15, 0.2) is 5.79 Å². The largest absolute Gasteiger partial charge is 0.382 e. The molecule has 0 aliphatic carbocycles. The molecule has 0 spiro atoms. The van der Waals surface area contributed by atoms with E-state index in [9.17, 15) is 0 Å². The summed E-state index contributed by atoms with van der Waals surface area (Å²) >= 11 is 0. The standard InChI is InChI=1S/C11H20O4/c1-7-8-9(15-10(2,3)14-8)11(4,13-7)6-12-5/h7-9H,6H2,1-5H3/t7?,8-,9?,11?/m1/s1/i5TD/t5?,7?,8-,9?,11?. The fraction of sp³-hybridized carbons (Fsp3) is 1.00. The van der Waals surface area contributed by atoms with Gasteiger partial charge in [0.25, 0.3) is 0 Å².